The Kier molecular flexibility index (Phi) is 3.91. The van der Waals surface area contributed by atoms with Gasteiger partial charge in [0.2, 0.25) is 0 Å². The molecule has 0 spiro atoms. The zero-order valence-electron chi connectivity index (χ0n) is 10.0. The van der Waals surface area contributed by atoms with E-state index in [0.717, 1.165) is 16.3 Å². The lowest BCUT2D eigenvalue weighted by molar-refractivity contribution is 0.253. The lowest BCUT2D eigenvalue weighted by atomic mass is 9.78. The molecule has 0 saturated heterocycles. The molecule has 16 heavy (non-hydrogen) atoms. The summed E-state index contributed by atoms with van der Waals surface area (Å²) in [7, 11) is 0. The average Bonchev–Trinajstić information content (AvgIpc) is 2.28. The van der Waals surface area contributed by atoms with Crippen LogP contribution in [0.5, 0.6) is 0 Å². The summed E-state index contributed by atoms with van der Waals surface area (Å²) in [6.45, 7) is 4.75. The molecule has 3 unspecified atom stereocenters. The molecule has 88 valence electrons. The second kappa shape index (κ2) is 5.22. The number of halogens is 1. The molecule has 1 aliphatic rings. The van der Waals surface area contributed by atoms with Crippen molar-refractivity contribution in [2.45, 2.75) is 39.2 Å². The number of rotatable bonds is 2. The standard InChI is InChI=1S/C14H20BrN/c1-10-4-3-5-14(11(10)2)16-13-8-6-12(15)7-9-13/h6-11,14,16H,3-5H2,1-2H3. The Morgan fingerprint density at radius 3 is 2.50 bits per heavy atom. The second-order valence-corrected chi connectivity index (χ2v) is 5.94. The van der Waals surface area contributed by atoms with E-state index in [1.54, 1.807) is 0 Å². The Morgan fingerprint density at radius 1 is 1.12 bits per heavy atom. The molecule has 1 aromatic carbocycles. The van der Waals surface area contributed by atoms with Crippen molar-refractivity contribution in [1.29, 1.82) is 0 Å². The first-order valence-electron chi connectivity index (χ1n) is 6.19. The van der Waals surface area contributed by atoms with Crippen molar-refractivity contribution in [1.82, 2.24) is 0 Å². The molecule has 0 heterocycles. The normalized spacial score (nSPS) is 30.1. The monoisotopic (exact) mass is 281 g/mol. The summed E-state index contributed by atoms with van der Waals surface area (Å²) in [5, 5.41) is 3.67. The van der Waals surface area contributed by atoms with Crippen molar-refractivity contribution in [3.05, 3.63) is 28.7 Å². The van der Waals surface area contributed by atoms with Crippen LogP contribution in [0.4, 0.5) is 5.69 Å². The van der Waals surface area contributed by atoms with Crippen LogP contribution in [0.2, 0.25) is 0 Å². The summed E-state index contributed by atoms with van der Waals surface area (Å²) in [6.07, 6.45) is 4.06. The van der Waals surface area contributed by atoms with Crippen LogP contribution in [-0.2, 0) is 0 Å². The van der Waals surface area contributed by atoms with Gasteiger partial charge in [0.05, 0.1) is 0 Å². The van der Waals surface area contributed by atoms with E-state index < -0.39 is 0 Å². The summed E-state index contributed by atoms with van der Waals surface area (Å²) in [5.41, 5.74) is 1.24. The van der Waals surface area contributed by atoms with E-state index in [4.69, 9.17) is 0 Å². The topological polar surface area (TPSA) is 12.0 Å². The molecule has 1 N–H and O–H groups in total. The smallest absolute Gasteiger partial charge is 0.0343 e. The fourth-order valence-corrected chi connectivity index (χ4v) is 2.81. The van der Waals surface area contributed by atoms with E-state index in [2.05, 4.69) is 59.4 Å². The molecule has 2 rings (SSSR count). The predicted molar refractivity (Wildman–Crippen MR) is 73.7 cm³/mol. The molecule has 2 heteroatoms. The van der Waals surface area contributed by atoms with E-state index in [0.29, 0.717) is 6.04 Å². The number of nitrogens with one attached hydrogen (secondary N) is 1. The Balaban J connectivity index is 2.00. The van der Waals surface area contributed by atoms with E-state index >= 15 is 0 Å². The van der Waals surface area contributed by atoms with Gasteiger partial charge in [-0.3, -0.25) is 0 Å². The van der Waals surface area contributed by atoms with Crippen LogP contribution in [0.1, 0.15) is 33.1 Å². The van der Waals surface area contributed by atoms with Crippen LogP contribution in [0.15, 0.2) is 28.7 Å². The highest BCUT2D eigenvalue weighted by Crippen LogP contribution is 2.31. The van der Waals surface area contributed by atoms with Crippen molar-refractivity contribution in [2.75, 3.05) is 5.32 Å². The van der Waals surface area contributed by atoms with Gasteiger partial charge >= 0.3 is 0 Å². The highest BCUT2D eigenvalue weighted by Gasteiger charge is 2.26. The van der Waals surface area contributed by atoms with Crippen LogP contribution in [-0.4, -0.2) is 6.04 Å². The first-order valence-corrected chi connectivity index (χ1v) is 6.98. The minimum atomic E-state index is 0.643. The third kappa shape index (κ3) is 2.79. The molecular formula is C14H20BrN. The van der Waals surface area contributed by atoms with E-state index in [9.17, 15) is 0 Å². The molecule has 0 radical (unpaired) electrons. The molecule has 1 fully saturated rings. The number of hydrogen-bond acceptors (Lipinski definition) is 1. The van der Waals surface area contributed by atoms with Gasteiger partial charge in [0.1, 0.15) is 0 Å². The van der Waals surface area contributed by atoms with Gasteiger partial charge in [-0.1, -0.05) is 42.6 Å². The summed E-state index contributed by atoms with van der Waals surface area (Å²) in [5.74, 6) is 1.62. The predicted octanol–water partition coefficient (Wildman–Crippen LogP) is 4.69. The summed E-state index contributed by atoms with van der Waals surface area (Å²) in [4.78, 5) is 0. The maximum absolute atomic E-state index is 3.67. The van der Waals surface area contributed by atoms with Gasteiger partial charge in [-0.25, -0.2) is 0 Å². The molecule has 0 amide bonds. The van der Waals surface area contributed by atoms with Gasteiger partial charge in [0.15, 0.2) is 0 Å². The third-order valence-corrected chi connectivity index (χ3v) is 4.43. The van der Waals surface area contributed by atoms with Crippen LogP contribution in [0.25, 0.3) is 0 Å². The highest BCUT2D eigenvalue weighted by molar-refractivity contribution is 9.10. The quantitative estimate of drug-likeness (QED) is 0.830. The summed E-state index contributed by atoms with van der Waals surface area (Å²) >= 11 is 3.46. The molecule has 1 aromatic rings. The van der Waals surface area contributed by atoms with Crippen LogP contribution >= 0.6 is 15.9 Å². The minimum Gasteiger partial charge on any atom is -0.382 e. The summed E-state index contributed by atoms with van der Waals surface area (Å²) in [6, 6.07) is 9.13. The maximum atomic E-state index is 3.67. The van der Waals surface area contributed by atoms with Gasteiger partial charge in [-0.05, 0) is 42.5 Å². The molecule has 1 nitrogen and oxygen atoms in total. The highest BCUT2D eigenvalue weighted by atomic mass is 79.9. The van der Waals surface area contributed by atoms with E-state index in [1.165, 1.54) is 24.9 Å². The van der Waals surface area contributed by atoms with Crippen molar-refractivity contribution in [2.24, 2.45) is 11.8 Å². The average molecular weight is 282 g/mol. The Bertz CT molecular complexity index is 333. The van der Waals surface area contributed by atoms with Gasteiger partial charge in [0, 0.05) is 16.2 Å². The molecule has 1 aliphatic carbocycles. The van der Waals surface area contributed by atoms with Crippen LogP contribution < -0.4 is 5.32 Å². The fourth-order valence-electron chi connectivity index (χ4n) is 2.55. The fraction of sp³-hybridized carbons (Fsp3) is 0.571. The maximum Gasteiger partial charge on any atom is 0.0343 e. The lowest BCUT2D eigenvalue weighted by Gasteiger charge is -2.35. The Labute approximate surface area is 107 Å². The van der Waals surface area contributed by atoms with Crippen molar-refractivity contribution >= 4 is 21.6 Å². The SMILES string of the molecule is CC1CCCC(Nc2ccc(Br)cc2)C1C. The molecule has 0 aliphatic heterocycles. The molecule has 1 saturated carbocycles. The zero-order valence-corrected chi connectivity index (χ0v) is 11.6. The number of hydrogen-bond donors (Lipinski definition) is 1. The second-order valence-electron chi connectivity index (χ2n) is 5.03. The van der Waals surface area contributed by atoms with Crippen molar-refractivity contribution in [3.63, 3.8) is 0 Å². The largest absolute Gasteiger partial charge is 0.382 e. The Hall–Kier alpha value is -0.500. The first-order chi connectivity index (χ1) is 7.66. The zero-order chi connectivity index (χ0) is 11.5. The van der Waals surface area contributed by atoms with Crippen LogP contribution in [0.3, 0.4) is 0 Å². The molecule has 0 bridgehead atoms. The summed E-state index contributed by atoms with van der Waals surface area (Å²) < 4.78 is 1.14. The van der Waals surface area contributed by atoms with Crippen molar-refractivity contribution in [3.8, 4) is 0 Å². The van der Waals surface area contributed by atoms with Gasteiger partial charge in [-0.15, -0.1) is 0 Å². The Morgan fingerprint density at radius 2 is 1.81 bits per heavy atom. The minimum absolute atomic E-state index is 0.643. The molecule has 3 atom stereocenters. The van der Waals surface area contributed by atoms with Gasteiger partial charge < -0.3 is 5.32 Å². The number of anilines is 1. The van der Waals surface area contributed by atoms with Gasteiger partial charge in [-0.2, -0.15) is 0 Å². The van der Waals surface area contributed by atoms with E-state index in [-0.39, 0.29) is 0 Å². The van der Waals surface area contributed by atoms with Crippen molar-refractivity contribution < 1.29 is 0 Å². The molecule has 0 aromatic heterocycles. The van der Waals surface area contributed by atoms with Crippen LogP contribution in [0, 0.1) is 11.8 Å². The van der Waals surface area contributed by atoms with E-state index in [1.807, 2.05) is 0 Å². The first kappa shape index (κ1) is 12.0. The third-order valence-electron chi connectivity index (χ3n) is 3.90. The lowest BCUT2D eigenvalue weighted by Crippen LogP contribution is -2.34. The van der Waals surface area contributed by atoms with Gasteiger partial charge in [0.25, 0.3) is 0 Å². The molecular weight excluding hydrogens is 262 g/mol. The number of benzene rings is 1.